The molecule has 5 nitrogen and oxygen atoms in total. The minimum absolute atomic E-state index is 0.0483. The maximum atomic E-state index is 12.6. The third-order valence-corrected chi connectivity index (χ3v) is 4.48. The Bertz CT molecular complexity index is 701. The largest absolute Gasteiger partial charge is 0.332 e. The fourth-order valence-electron chi connectivity index (χ4n) is 2.50. The molecular weight excluding hydrogens is 323 g/mol. The first-order valence-electron chi connectivity index (χ1n) is 7.09. The van der Waals surface area contributed by atoms with E-state index in [0.29, 0.717) is 22.3 Å². The van der Waals surface area contributed by atoms with Gasteiger partial charge < -0.3 is 10.2 Å². The number of nitrogens with zero attached hydrogens (tertiary/aromatic N) is 3. The zero-order valence-electron chi connectivity index (χ0n) is 12.1. The van der Waals surface area contributed by atoms with Crippen molar-refractivity contribution in [2.24, 2.45) is 0 Å². The number of nitrogens with one attached hydrogen (secondary N) is 1. The van der Waals surface area contributed by atoms with E-state index in [2.05, 4.69) is 10.4 Å². The van der Waals surface area contributed by atoms with E-state index in [9.17, 15) is 4.79 Å². The quantitative estimate of drug-likeness (QED) is 0.915. The molecule has 1 aromatic heterocycles. The van der Waals surface area contributed by atoms with E-state index in [-0.39, 0.29) is 11.9 Å². The molecule has 1 amide bonds. The maximum Gasteiger partial charge on any atom is 0.274 e. The Kier molecular flexibility index (Phi) is 4.38. The van der Waals surface area contributed by atoms with Crippen LogP contribution in [0.25, 0.3) is 5.69 Å². The lowest BCUT2D eigenvalue weighted by Crippen LogP contribution is -2.52. The third kappa shape index (κ3) is 2.97. The van der Waals surface area contributed by atoms with Crippen LogP contribution in [0.15, 0.2) is 30.5 Å². The van der Waals surface area contributed by atoms with Crippen LogP contribution in [0.5, 0.6) is 0 Å². The highest BCUT2D eigenvalue weighted by Crippen LogP contribution is 2.24. The third-order valence-electron chi connectivity index (χ3n) is 3.74. The van der Waals surface area contributed by atoms with E-state index in [0.717, 1.165) is 18.8 Å². The molecule has 1 aliphatic heterocycles. The molecule has 116 valence electrons. The van der Waals surface area contributed by atoms with E-state index in [1.807, 2.05) is 17.9 Å². The first kappa shape index (κ1) is 15.3. The lowest BCUT2D eigenvalue weighted by Gasteiger charge is -2.33. The van der Waals surface area contributed by atoms with Gasteiger partial charge in [0, 0.05) is 31.9 Å². The van der Waals surface area contributed by atoms with Crippen LogP contribution in [-0.2, 0) is 0 Å². The number of amides is 1. The molecule has 1 atom stereocenters. The standard InChI is InChI=1S/C15H16Cl2N4O/c1-10-9-18-5-7-20(10)15(22)14-4-6-21(19-14)11-2-3-12(16)13(17)8-11/h2-4,6,8,10,18H,5,7,9H2,1H3. The van der Waals surface area contributed by atoms with Crippen molar-refractivity contribution in [1.82, 2.24) is 20.0 Å². The van der Waals surface area contributed by atoms with Crippen molar-refractivity contribution in [3.05, 3.63) is 46.2 Å². The van der Waals surface area contributed by atoms with Gasteiger partial charge in [0.05, 0.1) is 15.7 Å². The minimum atomic E-state index is -0.0483. The van der Waals surface area contributed by atoms with Gasteiger partial charge in [0.25, 0.3) is 5.91 Å². The van der Waals surface area contributed by atoms with Gasteiger partial charge in [0.1, 0.15) is 0 Å². The molecule has 0 saturated carbocycles. The maximum absolute atomic E-state index is 12.6. The molecule has 0 bridgehead atoms. The summed E-state index contributed by atoms with van der Waals surface area (Å²) >= 11 is 11.9. The second-order valence-electron chi connectivity index (χ2n) is 5.30. The van der Waals surface area contributed by atoms with Gasteiger partial charge in [-0.3, -0.25) is 4.79 Å². The van der Waals surface area contributed by atoms with Gasteiger partial charge >= 0.3 is 0 Å². The van der Waals surface area contributed by atoms with Crippen molar-refractivity contribution in [2.45, 2.75) is 13.0 Å². The minimum Gasteiger partial charge on any atom is -0.332 e. The summed E-state index contributed by atoms with van der Waals surface area (Å²) < 4.78 is 1.63. The van der Waals surface area contributed by atoms with Crippen molar-refractivity contribution in [3.8, 4) is 5.69 Å². The van der Waals surface area contributed by atoms with Gasteiger partial charge in [-0.2, -0.15) is 5.10 Å². The fraction of sp³-hybridized carbons (Fsp3) is 0.333. The van der Waals surface area contributed by atoms with Crippen LogP contribution in [0, 0.1) is 0 Å². The second kappa shape index (κ2) is 6.28. The Balaban J connectivity index is 1.83. The summed E-state index contributed by atoms with van der Waals surface area (Å²) in [4.78, 5) is 14.4. The van der Waals surface area contributed by atoms with Crippen LogP contribution >= 0.6 is 23.2 Å². The molecule has 1 aromatic carbocycles. The SMILES string of the molecule is CC1CNCCN1C(=O)c1ccn(-c2ccc(Cl)c(Cl)c2)n1. The van der Waals surface area contributed by atoms with Gasteiger partial charge in [0.15, 0.2) is 5.69 Å². The number of hydrogen-bond acceptors (Lipinski definition) is 3. The topological polar surface area (TPSA) is 50.2 Å². The lowest BCUT2D eigenvalue weighted by atomic mass is 10.2. The normalized spacial score (nSPS) is 18.5. The van der Waals surface area contributed by atoms with E-state index >= 15 is 0 Å². The molecule has 7 heteroatoms. The highest BCUT2D eigenvalue weighted by atomic mass is 35.5. The first-order valence-corrected chi connectivity index (χ1v) is 7.84. The van der Waals surface area contributed by atoms with E-state index < -0.39 is 0 Å². The van der Waals surface area contributed by atoms with Crippen LogP contribution in [0.4, 0.5) is 0 Å². The Hall–Kier alpha value is -1.56. The number of halogens is 2. The molecule has 1 fully saturated rings. The molecule has 2 heterocycles. The van der Waals surface area contributed by atoms with E-state index in [1.54, 1.807) is 29.1 Å². The van der Waals surface area contributed by atoms with Crippen LogP contribution < -0.4 is 5.32 Å². The van der Waals surface area contributed by atoms with E-state index in [1.165, 1.54) is 0 Å². The Morgan fingerprint density at radius 3 is 2.86 bits per heavy atom. The molecule has 1 N–H and O–H groups in total. The van der Waals surface area contributed by atoms with Crippen LogP contribution in [-0.4, -0.2) is 46.3 Å². The molecule has 1 unspecified atom stereocenters. The van der Waals surface area contributed by atoms with Crippen molar-refractivity contribution in [3.63, 3.8) is 0 Å². The van der Waals surface area contributed by atoms with Crippen LogP contribution in [0.3, 0.4) is 0 Å². The molecule has 0 spiro atoms. The molecule has 22 heavy (non-hydrogen) atoms. The molecule has 0 aliphatic carbocycles. The van der Waals surface area contributed by atoms with Gasteiger partial charge in [-0.25, -0.2) is 4.68 Å². The van der Waals surface area contributed by atoms with Crippen molar-refractivity contribution in [2.75, 3.05) is 19.6 Å². The summed E-state index contributed by atoms with van der Waals surface area (Å²) in [5.41, 5.74) is 1.20. The average Bonchev–Trinajstić information content (AvgIpc) is 3.00. The van der Waals surface area contributed by atoms with Gasteiger partial charge in [-0.1, -0.05) is 23.2 Å². The summed E-state index contributed by atoms with van der Waals surface area (Å²) in [7, 11) is 0. The summed E-state index contributed by atoms with van der Waals surface area (Å²) in [6.07, 6.45) is 1.75. The highest BCUT2D eigenvalue weighted by molar-refractivity contribution is 6.42. The summed E-state index contributed by atoms with van der Waals surface area (Å²) in [6, 6.07) is 7.12. The number of carbonyl (C=O) groups excluding carboxylic acids is 1. The van der Waals surface area contributed by atoms with Crippen LogP contribution in [0.1, 0.15) is 17.4 Å². The number of piperazine rings is 1. The van der Waals surface area contributed by atoms with Gasteiger partial charge in [-0.05, 0) is 31.2 Å². The first-order chi connectivity index (χ1) is 10.6. The molecular formula is C15H16Cl2N4O. The predicted octanol–water partition coefficient (Wildman–Crippen LogP) is 2.61. The number of rotatable bonds is 2. The van der Waals surface area contributed by atoms with Crippen molar-refractivity contribution < 1.29 is 4.79 Å². The zero-order chi connectivity index (χ0) is 15.7. The predicted molar refractivity (Wildman–Crippen MR) is 87.0 cm³/mol. The van der Waals surface area contributed by atoms with Crippen molar-refractivity contribution >= 4 is 29.1 Å². The zero-order valence-corrected chi connectivity index (χ0v) is 13.6. The molecule has 2 aromatic rings. The molecule has 0 radical (unpaired) electrons. The second-order valence-corrected chi connectivity index (χ2v) is 6.11. The number of hydrogen-bond donors (Lipinski definition) is 1. The molecule has 1 aliphatic rings. The average molecular weight is 339 g/mol. The number of benzene rings is 1. The smallest absolute Gasteiger partial charge is 0.274 e. The highest BCUT2D eigenvalue weighted by Gasteiger charge is 2.25. The molecule has 1 saturated heterocycles. The Morgan fingerprint density at radius 2 is 2.14 bits per heavy atom. The summed E-state index contributed by atoms with van der Waals surface area (Å²) in [6.45, 7) is 4.34. The lowest BCUT2D eigenvalue weighted by molar-refractivity contribution is 0.0649. The summed E-state index contributed by atoms with van der Waals surface area (Å²) in [5, 5.41) is 8.58. The Morgan fingerprint density at radius 1 is 1.32 bits per heavy atom. The van der Waals surface area contributed by atoms with Gasteiger partial charge in [0.2, 0.25) is 0 Å². The summed E-state index contributed by atoms with van der Waals surface area (Å²) in [5.74, 6) is -0.0483. The number of aromatic nitrogens is 2. The van der Waals surface area contributed by atoms with Gasteiger partial charge in [-0.15, -0.1) is 0 Å². The Labute approximate surface area is 138 Å². The van der Waals surface area contributed by atoms with E-state index in [4.69, 9.17) is 23.2 Å². The molecule has 3 rings (SSSR count). The number of carbonyl (C=O) groups is 1. The van der Waals surface area contributed by atoms with Crippen molar-refractivity contribution in [1.29, 1.82) is 0 Å². The van der Waals surface area contributed by atoms with Crippen LogP contribution in [0.2, 0.25) is 10.0 Å². The fourth-order valence-corrected chi connectivity index (χ4v) is 2.79. The monoisotopic (exact) mass is 338 g/mol.